The van der Waals surface area contributed by atoms with Crippen molar-refractivity contribution in [2.75, 3.05) is 13.7 Å². The van der Waals surface area contributed by atoms with Crippen molar-refractivity contribution < 1.29 is 24.5 Å². The first-order chi connectivity index (χ1) is 5.11. The van der Waals surface area contributed by atoms with Crippen molar-refractivity contribution in [3.63, 3.8) is 0 Å². The molecule has 0 amide bonds. The second kappa shape index (κ2) is 4.81. The van der Waals surface area contributed by atoms with Gasteiger partial charge in [-0.15, -0.1) is 0 Å². The zero-order chi connectivity index (χ0) is 8.85. The molecule has 0 aromatic carbocycles. The van der Waals surface area contributed by atoms with E-state index in [1.807, 2.05) is 0 Å². The Morgan fingerprint density at radius 2 is 2.09 bits per heavy atom. The molecule has 0 heterocycles. The lowest BCUT2D eigenvalue weighted by Gasteiger charge is -2.04. The van der Waals surface area contributed by atoms with Crippen molar-refractivity contribution in [3.8, 4) is 0 Å². The molecule has 0 fully saturated rings. The molecular weight excluding hydrogens is 152 g/mol. The number of esters is 1. The summed E-state index contributed by atoms with van der Waals surface area (Å²) in [5.74, 6) is -1.46. The van der Waals surface area contributed by atoms with Gasteiger partial charge in [0.2, 0.25) is 0 Å². The van der Waals surface area contributed by atoms with E-state index in [4.69, 9.17) is 10.2 Å². The average Bonchev–Trinajstić information content (AvgIpc) is 2.02. The van der Waals surface area contributed by atoms with Crippen LogP contribution >= 0.6 is 0 Å². The van der Waals surface area contributed by atoms with E-state index in [9.17, 15) is 9.59 Å². The summed E-state index contributed by atoms with van der Waals surface area (Å²) in [6.45, 7) is -0.766. The molecule has 0 bridgehead atoms. The summed E-state index contributed by atoms with van der Waals surface area (Å²) in [7, 11) is 1.15. The molecule has 0 unspecified atom stereocenters. The van der Waals surface area contributed by atoms with Gasteiger partial charge in [0, 0.05) is 0 Å². The average molecular weight is 162 g/mol. The fraction of sp³-hybridized carbons (Fsp3) is 0.667. The molecule has 5 nitrogen and oxygen atoms in total. The summed E-state index contributed by atoms with van der Waals surface area (Å²) in [4.78, 5) is 20.9. The van der Waals surface area contributed by atoms with Crippen molar-refractivity contribution in [3.05, 3.63) is 0 Å². The Kier molecular flexibility index (Phi) is 4.40. The lowest BCUT2D eigenvalue weighted by Crippen LogP contribution is -2.26. The van der Waals surface area contributed by atoms with Crippen LogP contribution in [0.25, 0.3) is 0 Å². The van der Waals surface area contributed by atoms with Gasteiger partial charge in [0.1, 0.15) is 12.7 Å². The van der Waals surface area contributed by atoms with E-state index in [1.54, 1.807) is 0 Å². The lowest BCUT2D eigenvalue weighted by atomic mass is 10.2. The van der Waals surface area contributed by atoms with Gasteiger partial charge in [-0.25, -0.2) is 0 Å². The Bertz CT molecular complexity index is 153. The number of ether oxygens (including phenoxy) is 1. The van der Waals surface area contributed by atoms with E-state index in [2.05, 4.69) is 4.74 Å². The topological polar surface area (TPSA) is 83.8 Å². The minimum absolute atomic E-state index is 0.407. The molecule has 0 aliphatic heterocycles. The van der Waals surface area contributed by atoms with Crippen molar-refractivity contribution in [1.29, 1.82) is 0 Å². The molecule has 5 heteroatoms. The van der Waals surface area contributed by atoms with Gasteiger partial charge in [0.25, 0.3) is 0 Å². The summed E-state index contributed by atoms with van der Waals surface area (Å²) in [5, 5.41) is 17.0. The Morgan fingerprint density at radius 1 is 1.55 bits per heavy atom. The largest absolute Gasteiger partial charge is 0.469 e. The number of carbonyl (C=O) groups is 2. The molecule has 0 aromatic heterocycles. The van der Waals surface area contributed by atoms with Gasteiger partial charge in [0.05, 0.1) is 13.5 Å². The highest BCUT2D eigenvalue weighted by Crippen LogP contribution is 1.94. The zero-order valence-electron chi connectivity index (χ0n) is 6.11. The maximum Gasteiger partial charge on any atom is 0.308 e. The lowest BCUT2D eigenvalue weighted by molar-refractivity contribution is -0.146. The molecule has 0 aliphatic rings. The number of carbonyl (C=O) groups excluding carboxylic acids is 2. The fourth-order valence-corrected chi connectivity index (χ4v) is 0.460. The molecule has 0 aliphatic carbocycles. The van der Waals surface area contributed by atoms with Crippen LogP contribution in [0.1, 0.15) is 6.42 Å². The number of rotatable bonds is 4. The summed E-state index contributed by atoms with van der Waals surface area (Å²) < 4.78 is 4.18. The van der Waals surface area contributed by atoms with E-state index >= 15 is 0 Å². The van der Waals surface area contributed by atoms with Crippen LogP contribution in [0.2, 0.25) is 0 Å². The van der Waals surface area contributed by atoms with Crippen LogP contribution in [0.5, 0.6) is 0 Å². The second-order valence-electron chi connectivity index (χ2n) is 1.92. The third-order valence-corrected chi connectivity index (χ3v) is 1.12. The molecule has 11 heavy (non-hydrogen) atoms. The van der Waals surface area contributed by atoms with Gasteiger partial charge < -0.3 is 14.9 Å². The summed E-state index contributed by atoms with van der Waals surface area (Å²) in [6, 6.07) is 0. The monoisotopic (exact) mass is 162 g/mol. The molecule has 0 rings (SSSR count). The van der Waals surface area contributed by atoms with Gasteiger partial charge in [-0.05, 0) is 0 Å². The minimum atomic E-state index is -1.45. The highest BCUT2D eigenvalue weighted by molar-refractivity contribution is 5.87. The van der Waals surface area contributed by atoms with Crippen LogP contribution in [-0.2, 0) is 14.3 Å². The van der Waals surface area contributed by atoms with Crippen LogP contribution in [0.15, 0.2) is 0 Å². The number of ketones is 1. The first-order valence-electron chi connectivity index (χ1n) is 3.00. The summed E-state index contributed by atoms with van der Waals surface area (Å²) in [5.41, 5.74) is 0. The normalized spacial score (nSPS) is 12.3. The highest BCUT2D eigenvalue weighted by Gasteiger charge is 2.17. The Balaban J connectivity index is 3.77. The number of hydrogen-bond acceptors (Lipinski definition) is 5. The van der Waals surface area contributed by atoms with Gasteiger partial charge in [0.15, 0.2) is 5.78 Å². The molecule has 64 valence electrons. The summed E-state index contributed by atoms with van der Waals surface area (Å²) >= 11 is 0. The predicted molar refractivity (Wildman–Crippen MR) is 34.7 cm³/mol. The number of aliphatic hydroxyl groups excluding tert-OH is 2. The molecule has 0 radical (unpaired) electrons. The summed E-state index contributed by atoms with van der Waals surface area (Å²) in [6.07, 6.45) is -1.86. The second-order valence-corrected chi connectivity index (χ2v) is 1.92. The van der Waals surface area contributed by atoms with E-state index in [1.165, 1.54) is 0 Å². The maximum absolute atomic E-state index is 10.5. The van der Waals surface area contributed by atoms with Crippen molar-refractivity contribution in [2.45, 2.75) is 12.5 Å². The van der Waals surface area contributed by atoms with Crippen molar-refractivity contribution >= 4 is 11.8 Å². The van der Waals surface area contributed by atoms with E-state index < -0.39 is 30.9 Å². The zero-order valence-corrected chi connectivity index (χ0v) is 6.11. The van der Waals surface area contributed by atoms with Crippen LogP contribution in [0, 0.1) is 0 Å². The van der Waals surface area contributed by atoms with E-state index in [0.717, 1.165) is 7.11 Å². The standard InChI is InChI=1S/C6H10O5/c1-11-6(10)2-4(8)5(9)3-7/h4,7-8H,2-3H2,1H3/t4-/m0/s1. The van der Waals surface area contributed by atoms with Crippen molar-refractivity contribution in [1.82, 2.24) is 0 Å². The number of hydrogen-bond donors (Lipinski definition) is 2. The third kappa shape index (κ3) is 3.69. The van der Waals surface area contributed by atoms with Crippen molar-refractivity contribution in [2.24, 2.45) is 0 Å². The molecule has 1 atom stereocenters. The van der Waals surface area contributed by atoms with E-state index in [-0.39, 0.29) is 0 Å². The highest BCUT2D eigenvalue weighted by atomic mass is 16.5. The van der Waals surface area contributed by atoms with Crippen LogP contribution in [0.4, 0.5) is 0 Å². The Hall–Kier alpha value is -0.940. The third-order valence-electron chi connectivity index (χ3n) is 1.12. The Labute approximate surface area is 63.6 Å². The number of aliphatic hydroxyl groups is 2. The molecule has 0 spiro atoms. The van der Waals surface area contributed by atoms with Crippen LogP contribution in [0.3, 0.4) is 0 Å². The minimum Gasteiger partial charge on any atom is -0.469 e. The van der Waals surface area contributed by atoms with Gasteiger partial charge in [-0.2, -0.15) is 0 Å². The van der Waals surface area contributed by atoms with E-state index in [0.29, 0.717) is 0 Å². The van der Waals surface area contributed by atoms with Gasteiger partial charge in [-0.1, -0.05) is 0 Å². The quantitative estimate of drug-likeness (QED) is 0.490. The van der Waals surface area contributed by atoms with Gasteiger partial charge >= 0.3 is 5.97 Å². The Morgan fingerprint density at radius 3 is 2.45 bits per heavy atom. The van der Waals surface area contributed by atoms with Crippen LogP contribution in [-0.4, -0.2) is 41.8 Å². The molecule has 0 saturated carbocycles. The van der Waals surface area contributed by atoms with Gasteiger partial charge in [-0.3, -0.25) is 9.59 Å². The fourth-order valence-electron chi connectivity index (χ4n) is 0.460. The smallest absolute Gasteiger partial charge is 0.308 e. The molecule has 0 aromatic rings. The predicted octanol–water partition coefficient (Wildman–Crippen LogP) is -1.53. The number of methoxy groups -OCH3 is 1. The molecular formula is C6H10O5. The first kappa shape index (κ1) is 10.1. The maximum atomic E-state index is 10.5. The molecule has 0 saturated heterocycles. The molecule has 2 N–H and O–H groups in total. The van der Waals surface area contributed by atoms with Crippen LogP contribution < -0.4 is 0 Å². The number of Topliss-reactive ketones (excluding diaryl/α,β-unsaturated/α-hetero) is 1. The SMILES string of the molecule is COC(=O)C[C@H](O)C(=O)CO. The first-order valence-corrected chi connectivity index (χ1v) is 3.00.